The fourth-order valence-corrected chi connectivity index (χ4v) is 1.86. The first-order valence-corrected chi connectivity index (χ1v) is 5.00. The molecule has 0 amide bonds. The second-order valence-electron chi connectivity index (χ2n) is 3.54. The maximum Gasteiger partial charge on any atom is 0.111 e. The minimum atomic E-state index is -0.290. The van der Waals surface area contributed by atoms with Gasteiger partial charge in [-0.15, -0.1) is 0 Å². The Morgan fingerprint density at radius 1 is 1.36 bits per heavy atom. The molecule has 1 N–H and O–H groups in total. The molecule has 0 spiro atoms. The Labute approximate surface area is 83.7 Å². The fourth-order valence-electron chi connectivity index (χ4n) is 1.86. The van der Waals surface area contributed by atoms with Crippen molar-refractivity contribution in [3.05, 3.63) is 30.3 Å². The Balaban J connectivity index is 2.15. The first-order chi connectivity index (χ1) is 6.92. The molecule has 14 heavy (non-hydrogen) atoms. The maximum absolute atomic E-state index is 12.7. The lowest BCUT2D eigenvalue weighted by Gasteiger charge is -2.36. The first kappa shape index (κ1) is 9.46. The molecule has 0 radical (unpaired) electrons. The van der Waals surface area contributed by atoms with Crippen LogP contribution in [-0.2, 0) is 0 Å². The van der Waals surface area contributed by atoms with Crippen molar-refractivity contribution >= 4 is 5.69 Å². The highest BCUT2D eigenvalue weighted by atomic mass is 19.1. The quantitative estimate of drug-likeness (QED) is 0.766. The number of hydrogen-bond acceptors (Lipinski definition) is 2. The van der Waals surface area contributed by atoms with Crippen LogP contribution in [0.2, 0.25) is 0 Å². The summed E-state index contributed by atoms with van der Waals surface area (Å²) in [4.78, 5) is 2.14. The molecule has 0 aliphatic carbocycles. The summed E-state index contributed by atoms with van der Waals surface area (Å²) in [5, 5.41) is 3.20. The molecule has 0 bridgehead atoms. The van der Waals surface area contributed by atoms with Gasteiger partial charge in [0.15, 0.2) is 0 Å². The van der Waals surface area contributed by atoms with Crippen molar-refractivity contribution in [2.24, 2.45) is 0 Å². The third-order valence-corrected chi connectivity index (χ3v) is 2.62. The van der Waals surface area contributed by atoms with E-state index in [9.17, 15) is 4.39 Å². The van der Waals surface area contributed by atoms with Gasteiger partial charge in [0.2, 0.25) is 0 Å². The number of alkyl halides is 1. The molecule has 2 nitrogen and oxygen atoms in total. The van der Waals surface area contributed by atoms with E-state index in [4.69, 9.17) is 0 Å². The van der Waals surface area contributed by atoms with Crippen LogP contribution in [0.4, 0.5) is 10.1 Å². The number of piperazine rings is 1. The van der Waals surface area contributed by atoms with Gasteiger partial charge < -0.3 is 10.2 Å². The zero-order chi connectivity index (χ0) is 9.80. The lowest BCUT2D eigenvalue weighted by molar-refractivity contribution is 0.370. The summed E-state index contributed by atoms with van der Waals surface area (Å²) in [6, 6.07) is 10.0. The number of rotatable bonds is 2. The second kappa shape index (κ2) is 4.42. The molecule has 0 aromatic heterocycles. The van der Waals surface area contributed by atoms with E-state index in [1.807, 2.05) is 30.3 Å². The van der Waals surface area contributed by atoms with Gasteiger partial charge in [-0.2, -0.15) is 0 Å². The third-order valence-electron chi connectivity index (χ3n) is 2.62. The highest BCUT2D eigenvalue weighted by Crippen LogP contribution is 2.17. The van der Waals surface area contributed by atoms with E-state index in [-0.39, 0.29) is 12.7 Å². The van der Waals surface area contributed by atoms with Gasteiger partial charge in [0.05, 0.1) is 6.04 Å². The van der Waals surface area contributed by atoms with E-state index in [0.29, 0.717) is 0 Å². The molecule has 1 fully saturated rings. The molecule has 1 aromatic carbocycles. The van der Waals surface area contributed by atoms with Crippen molar-refractivity contribution in [3.63, 3.8) is 0 Å². The molecule has 76 valence electrons. The predicted molar refractivity (Wildman–Crippen MR) is 56.4 cm³/mol. The van der Waals surface area contributed by atoms with Crippen LogP contribution in [0, 0.1) is 0 Å². The molecular formula is C11H15FN2. The average Bonchev–Trinajstić information content (AvgIpc) is 2.30. The Hall–Kier alpha value is -1.09. The summed E-state index contributed by atoms with van der Waals surface area (Å²) in [5.41, 5.74) is 1.12. The number of anilines is 1. The zero-order valence-electron chi connectivity index (χ0n) is 8.12. The monoisotopic (exact) mass is 194 g/mol. The second-order valence-corrected chi connectivity index (χ2v) is 3.54. The maximum atomic E-state index is 12.7. The first-order valence-electron chi connectivity index (χ1n) is 5.00. The summed E-state index contributed by atoms with van der Waals surface area (Å²) in [5.74, 6) is 0. The third kappa shape index (κ3) is 1.87. The fraction of sp³-hybridized carbons (Fsp3) is 0.455. The van der Waals surface area contributed by atoms with Crippen LogP contribution in [0.3, 0.4) is 0 Å². The van der Waals surface area contributed by atoms with Crippen LogP contribution in [0.25, 0.3) is 0 Å². The van der Waals surface area contributed by atoms with E-state index < -0.39 is 0 Å². The van der Waals surface area contributed by atoms with E-state index in [1.54, 1.807) is 0 Å². The van der Waals surface area contributed by atoms with Crippen LogP contribution < -0.4 is 10.2 Å². The molecule has 0 saturated carbocycles. The number of nitrogens with one attached hydrogen (secondary N) is 1. The molecule has 1 heterocycles. The molecule has 1 aliphatic rings. The van der Waals surface area contributed by atoms with Crippen LogP contribution in [0.15, 0.2) is 30.3 Å². The molecule has 1 atom stereocenters. The van der Waals surface area contributed by atoms with Crippen LogP contribution in [0.5, 0.6) is 0 Å². The predicted octanol–water partition coefficient (Wildman–Crippen LogP) is 1.43. The Morgan fingerprint density at radius 3 is 2.86 bits per heavy atom. The standard InChI is InChI=1S/C11H15FN2/c12-8-11-9-13-6-7-14(11)10-4-2-1-3-5-10/h1-5,11,13H,6-9H2. The number of nitrogens with zero attached hydrogens (tertiary/aromatic N) is 1. The Kier molecular flexibility index (Phi) is 2.99. The number of halogens is 1. The largest absolute Gasteiger partial charge is 0.363 e. The lowest BCUT2D eigenvalue weighted by Crippen LogP contribution is -2.52. The van der Waals surface area contributed by atoms with Crippen molar-refractivity contribution in [2.45, 2.75) is 6.04 Å². The van der Waals surface area contributed by atoms with Gasteiger partial charge in [0, 0.05) is 25.3 Å². The van der Waals surface area contributed by atoms with Crippen molar-refractivity contribution in [1.82, 2.24) is 5.32 Å². The zero-order valence-corrected chi connectivity index (χ0v) is 8.12. The molecule has 2 rings (SSSR count). The normalized spacial score (nSPS) is 22.4. The van der Waals surface area contributed by atoms with Crippen molar-refractivity contribution < 1.29 is 4.39 Å². The summed E-state index contributed by atoms with van der Waals surface area (Å²) in [6.45, 7) is 2.28. The van der Waals surface area contributed by atoms with E-state index in [1.165, 1.54) is 0 Å². The molecule has 1 aliphatic heterocycles. The van der Waals surface area contributed by atoms with E-state index >= 15 is 0 Å². The summed E-state index contributed by atoms with van der Waals surface area (Å²) < 4.78 is 12.7. The molecule has 1 aromatic rings. The van der Waals surface area contributed by atoms with Gasteiger partial charge in [-0.3, -0.25) is 0 Å². The SMILES string of the molecule is FCC1CNCCN1c1ccccc1. The molecule has 1 unspecified atom stereocenters. The highest BCUT2D eigenvalue weighted by Gasteiger charge is 2.21. The molecule has 3 heteroatoms. The van der Waals surface area contributed by atoms with E-state index in [2.05, 4.69) is 10.2 Å². The minimum absolute atomic E-state index is 0.00819. The Bertz CT molecular complexity index is 276. The molecule has 1 saturated heterocycles. The van der Waals surface area contributed by atoms with Crippen molar-refractivity contribution in [3.8, 4) is 0 Å². The van der Waals surface area contributed by atoms with Gasteiger partial charge in [-0.25, -0.2) is 4.39 Å². The summed E-state index contributed by atoms with van der Waals surface area (Å²) in [6.07, 6.45) is 0. The van der Waals surface area contributed by atoms with E-state index in [0.717, 1.165) is 25.3 Å². The van der Waals surface area contributed by atoms with Crippen LogP contribution in [0.1, 0.15) is 0 Å². The minimum Gasteiger partial charge on any atom is -0.363 e. The van der Waals surface area contributed by atoms with Gasteiger partial charge in [0.1, 0.15) is 6.67 Å². The van der Waals surface area contributed by atoms with Crippen LogP contribution in [-0.4, -0.2) is 32.4 Å². The van der Waals surface area contributed by atoms with Gasteiger partial charge in [-0.05, 0) is 12.1 Å². The van der Waals surface area contributed by atoms with Crippen LogP contribution >= 0.6 is 0 Å². The van der Waals surface area contributed by atoms with Crippen molar-refractivity contribution in [2.75, 3.05) is 31.2 Å². The van der Waals surface area contributed by atoms with Gasteiger partial charge in [-0.1, -0.05) is 18.2 Å². The Morgan fingerprint density at radius 2 is 2.14 bits per heavy atom. The summed E-state index contributed by atoms with van der Waals surface area (Å²) >= 11 is 0. The summed E-state index contributed by atoms with van der Waals surface area (Å²) in [7, 11) is 0. The van der Waals surface area contributed by atoms with Gasteiger partial charge >= 0.3 is 0 Å². The van der Waals surface area contributed by atoms with Gasteiger partial charge in [0.25, 0.3) is 0 Å². The topological polar surface area (TPSA) is 15.3 Å². The average molecular weight is 194 g/mol. The number of hydrogen-bond donors (Lipinski definition) is 1. The number of benzene rings is 1. The highest BCUT2D eigenvalue weighted by molar-refractivity contribution is 5.47. The number of para-hydroxylation sites is 1. The molecular weight excluding hydrogens is 179 g/mol. The van der Waals surface area contributed by atoms with Crippen molar-refractivity contribution in [1.29, 1.82) is 0 Å². The lowest BCUT2D eigenvalue weighted by atomic mass is 10.1. The smallest absolute Gasteiger partial charge is 0.111 e.